The maximum absolute atomic E-state index is 12.1. The third-order valence-electron chi connectivity index (χ3n) is 2.66. The first kappa shape index (κ1) is 15.5. The zero-order valence-corrected chi connectivity index (χ0v) is 12.7. The third-order valence-corrected chi connectivity index (χ3v) is 4.28. The summed E-state index contributed by atoms with van der Waals surface area (Å²) in [7, 11) is -3.56. The minimum atomic E-state index is -3.56. The van der Waals surface area contributed by atoms with E-state index in [4.69, 9.17) is 18.0 Å². The molecule has 21 heavy (non-hydrogen) atoms. The molecule has 0 aliphatic rings. The molecule has 112 valence electrons. The highest BCUT2D eigenvalue weighted by Crippen LogP contribution is 2.11. The van der Waals surface area contributed by atoms with Crippen LogP contribution in [0.25, 0.3) is 0 Å². The molecule has 0 spiro atoms. The summed E-state index contributed by atoms with van der Waals surface area (Å²) in [6.45, 7) is 0.191. The van der Waals surface area contributed by atoms with Crippen LogP contribution in [0.1, 0.15) is 11.4 Å². The number of rotatable bonds is 7. The van der Waals surface area contributed by atoms with E-state index in [0.29, 0.717) is 23.7 Å². The lowest BCUT2D eigenvalue weighted by Crippen LogP contribution is -2.26. The molecule has 1 aromatic carbocycles. The Bertz CT molecular complexity index is 697. The van der Waals surface area contributed by atoms with Gasteiger partial charge in [-0.25, -0.2) is 13.1 Å². The molecule has 0 saturated heterocycles. The Kier molecular flexibility index (Phi) is 4.99. The van der Waals surface area contributed by atoms with Crippen LogP contribution in [-0.2, 0) is 22.9 Å². The number of sulfonamides is 1. The van der Waals surface area contributed by atoms with Crippen molar-refractivity contribution < 1.29 is 12.9 Å². The highest BCUT2D eigenvalue weighted by molar-refractivity contribution is 7.89. The molecule has 0 aliphatic heterocycles. The normalized spacial score (nSPS) is 11.4. The fourth-order valence-corrected chi connectivity index (χ4v) is 2.87. The SMILES string of the molecule is NC(=S)Cc1ccc(S(=O)(=O)NCCc2ncon2)cc1. The van der Waals surface area contributed by atoms with E-state index in [1.165, 1.54) is 18.5 Å². The van der Waals surface area contributed by atoms with E-state index >= 15 is 0 Å². The second-order valence-corrected chi connectivity index (χ2v) is 6.57. The van der Waals surface area contributed by atoms with E-state index in [2.05, 4.69) is 19.4 Å². The Hall–Kier alpha value is -1.84. The molecule has 1 aromatic heterocycles. The summed E-state index contributed by atoms with van der Waals surface area (Å²) in [6, 6.07) is 6.41. The lowest BCUT2D eigenvalue weighted by atomic mass is 10.1. The van der Waals surface area contributed by atoms with Gasteiger partial charge in [-0.1, -0.05) is 29.5 Å². The van der Waals surface area contributed by atoms with Crippen LogP contribution in [0, 0.1) is 0 Å². The highest BCUT2D eigenvalue weighted by Gasteiger charge is 2.13. The highest BCUT2D eigenvalue weighted by atomic mass is 32.2. The second-order valence-electron chi connectivity index (χ2n) is 4.28. The van der Waals surface area contributed by atoms with Gasteiger partial charge in [-0.2, -0.15) is 4.98 Å². The number of nitrogens with one attached hydrogen (secondary N) is 1. The van der Waals surface area contributed by atoms with Crippen LogP contribution in [0.5, 0.6) is 0 Å². The van der Waals surface area contributed by atoms with Gasteiger partial charge in [0, 0.05) is 19.4 Å². The van der Waals surface area contributed by atoms with Crippen LogP contribution in [0.4, 0.5) is 0 Å². The Labute approximate surface area is 127 Å². The van der Waals surface area contributed by atoms with Crippen LogP contribution in [0.3, 0.4) is 0 Å². The third kappa shape index (κ3) is 4.59. The molecule has 3 N–H and O–H groups in total. The van der Waals surface area contributed by atoms with Crippen LogP contribution in [-0.4, -0.2) is 30.1 Å². The zero-order valence-electron chi connectivity index (χ0n) is 11.0. The molecule has 9 heteroatoms. The number of nitrogens with two attached hydrogens (primary N) is 1. The molecule has 0 radical (unpaired) electrons. The number of thiocarbonyl (C=S) groups is 1. The molecule has 0 saturated carbocycles. The predicted octanol–water partition coefficient (Wildman–Crippen LogP) is 0.419. The molecule has 7 nitrogen and oxygen atoms in total. The van der Waals surface area contributed by atoms with Crippen molar-refractivity contribution >= 4 is 27.2 Å². The van der Waals surface area contributed by atoms with Gasteiger partial charge in [-0.05, 0) is 17.7 Å². The molecule has 0 bridgehead atoms. The van der Waals surface area contributed by atoms with Gasteiger partial charge in [0.15, 0.2) is 5.82 Å². The molecule has 0 unspecified atom stereocenters. The number of nitrogens with zero attached hydrogens (tertiary/aromatic N) is 2. The number of aromatic nitrogens is 2. The largest absolute Gasteiger partial charge is 0.393 e. The molecule has 0 aliphatic carbocycles. The van der Waals surface area contributed by atoms with Crippen LogP contribution in [0.2, 0.25) is 0 Å². The first-order chi connectivity index (χ1) is 9.97. The lowest BCUT2D eigenvalue weighted by molar-refractivity contribution is 0.410. The fraction of sp³-hybridized carbons (Fsp3) is 0.250. The average Bonchev–Trinajstić information content (AvgIpc) is 2.91. The van der Waals surface area contributed by atoms with Gasteiger partial charge < -0.3 is 10.3 Å². The van der Waals surface area contributed by atoms with Crippen molar-refractivity contribution in [1.82, 2.24) is 14.9 Å². The minimum Gasteiger partial charge on any atom is -0.393 e. The zero-order chi connectivity index (χ0) is 15.3. The first-order valence-corrected chi connectivity index (χ1v) is 7.99. The molecular formula is C12H14N4O3S2. The van der Waals surface area contributed by atoms with Crippen molar-refractivity contribution in [3.05, 3.63) is 42.0 Å². The van der Waals surface area contributed by atoms with Crippen molar-refractivity contribution in [2.75, 3.05) is 6.54 Å². The van der Waals surface area contributed by atoms with Gasteiger partial charge >= 0.3 is 0 Å². The molecule has 2 rings (SSSR count). The van der Waals surface area contributed by atoms with Crippen molar-refractivity contribution in [2.45, 2.75) is 17.7 Å². The van der Waals surface area contributed by atoms with E-state index < -0.39 is 10.0 Å². The van der Waals surface area contributed by atoms with E-state index in [1.54, 1.807) is 12.1 Å². The van der Waals surface area contributed by atoms with E-state index in [1.807, 2.05) is 0 Å². The summed E-state index contributed by atoms with van der Waals surface area (Å²) in [6.07, 6.45) is 2.00. The van der Waals surface area contributed by atoms with Crippen molar-refractivity contribution in [3.63, 3.8) is 0 Å². The van der Waals surface area contributed by atoms with E-state index in [-0.39, 0.29) is 11.4 Å². The summed E-state index contributed by atoms with van der Waals surface area (Å²) in [5, 5.41) is 3.60. The van der Waals surface area contributed by atoms with Crippen molar-refractivity contribution in [2.24, 2.45) is 5.73 Å². The van der Waals surface area contributed by atoms with Gasteiger partial charge in [0.1, 0.15) is 0 Å². The Morgan fingerprint density at radius 1 is 1.33 bits per heavy atom. The number of hydrogen-bond acceptors (Lipinski definition) is 6. The maximum Gasteiger partial charge on any atom is 0.240 e. The monoisotopic (exact) mass is 326 g/mol. The standard InChI is InChI=1S/C12H14N4O3S2/c13-11(20)7-9-1-3-10(4-2-9)21(17,18)15-6-5-12-14-8-19-16-12/h1-4,8,15H,5-7H2,(H2,13,20). The molecular weight excluding hydrogens is 312 g/mol. The fourth-order valence-electron chi connectivity index (χ4n) is 1.67. The quantitative estimate of drug-likeness (QED) is 0.709. The van der Waals surface area contributed by atoms with Crippen LogP contribution in [0.15, 0.2) is 40.1 Å². The lowest BCUT2D eigenvalue weighted by Gasteiger charge is -2.06. The first-order valence-electron chi connectivity index (χ1n) is 6.09. The molecule has 0 amide bonds. The summed E-state index contributed by atoms with van der Waals surface area (Å²) >= 11 is 4.81. The summed E-state index contributed by atoms with van der Waals surface area (Å²) in [4.78, 5) is 4.36. The smallest absolute Gasteiger partial charge is 0.240 e. The van der Waals surface area contributed by atoms with Gasteiger partial charge in [-0.15, -0.1) is 0 Å². The predicted molar refractivity (Wildman–Crippen MR) is 80.1 cm³/mol. The van der Waals surface area contributed by atoms with Crippen molar-refractivity contribution in [3.8, 4) is 0 Å². The Morgan fingerprint density at radius 2 is 2.05 bits per heavy atom. The van der Waals surface area contributed by atoms with E-state index in [9.17, 15) is 8.42 Å². The van der Waals surface area contributed by atoms with Gasteiger partial charge in [-0.3, -0.25) is 0 Å². The Balaban J connectivity index is 1.96. The summed E-state index contributed by atoms with van der Waals surface area (Å²) < 4.78 is 31.2. The number of benzene rings is 1. The van der Waals surface area contributed by atoms with Crippen LogP contribution >= 0.6 is 12.2 Å². The topological polar surface area (TPSA) is 111 Å². The van der Waals surface area contributed by atoms with Crippen molar-refractivity contribution in [1.29, 1.82) is 0 Å². The average molecular weight is 326 g/mol. The Morgan fingerprint density at radius 3 is 2.62 bits per heavy atom. The molecule has 2 aromatic rings. The number of hydrogen-bond donors (Lipinski definition) is 2. The maximum atomic E-state index is 12.1. The summed E-state index contributed by atoms with van der Waals surface area (Å²) in [5.74, 6) is 0.449. The van der Waals surface area contributed by atoms with Crippen LogP contribution < -0.4 is 10.5 Å². The molecule has 0 atom stereocenters. The van der Waals surface area contributed by atoms with Gasteiger partial charge in [0.25, 0.3) is 0 Å². The molecule has 1 heterocycles. The summed E-state index contributed by atoms with van der Waals surface area (Å²) in [5.41, 5.74) is 6.31. The minimum absolute atomic E-state index is 0.183. The molecule has 0 fully saturated rings. The van der Waals surface area contributed by atoms with E-state index in [0.717, 1.165) is 5.56 Å². The second kappa shape index (κ2) is 6.74. The van der Waals surface area contributed by atoms with Gasteiger partial charge in [0.2, 0.25) is 16.4 Å². The van der Waals surface area contributed by atoms with Gasteiger partial charge in [0.05, 0.1) is 9.88 Å².